The van der Waals surface area contributed by atoms with E-state index >= 15 is 0 Å². The number of hydrogen-bond acceptors (Lipinski definition) is 4. The number of hydrogen-bond donors (Lipinski definition) is 1. The van der Waals surface area contributed by atoms with Crippen molar-refractivity contribution in [3.63, 3.8) is 0 Å². The maximum atomic E-state index is 10.4. The summed E-state index contributed by atoms with van der Waals surface area (Å²) in [6.45, 7) is 4.15. The summed E-state index contributed by atoms with van der Waals surface area (Å²) in [5.74, 6) is -0.426. The summed E-state index contributed by atoms with van der Waals surface area (Å²) >= 11 is 1.53. The average Bonchev–Trinajstić information content (AvgIpc) is 2.64. The van der Waals surface area contributed by atoms with Crippen molar-refractivity contribution in [2.45, 2.75) is 32.8 Å². The minimum absolute atomic E-state index is 0.00331. The molecule has 1 unspecified atom stereocenters. The number of methoxy groups -OCH3 is 1. The third kappa shape index (κ3) is 3.57. The molecule has 0 spiro atoms. The lowest BCUT2D eigenvalue weighted by molar-refractivity contribution is -0.136. The molecule has 0 saturated carbocycles. The predicted molar refractivity (Wildman–Crippen MR) is 62.7 cm³/mol. The largest absolute Gasteiger partial charge is 0.481 e. The minimum atomic E-state index is -0.790. The van der Waals surface area contributed by atoms with Crippen molar-refractivity contribution in [2.24, 2.45) is 5.92 Å². The van der Waals surface area contributed by atoms with E-state index in [0.29, 0.717) is 12.3 Å². The molecule has 0 bridgehead atoms. The summed E-state index contributed by atoms with van der Waals surface area (Å²) in [4.78, 5) is 14.8. The predicted octanol–water partition coefficient (Wildman–Crippen LogP) is 2.50. The third-order valence-electron chi connectivity index (χ3n) is 2.27. The summed E-state index contributed by atoms with van der Waals surface area (Å²) in [5.41, 5.74) is 0.838. The van der Waals surface area contributed by atoms with Gasteiger partial charge in [-0.25, -0.2) is 4.98 Å². The lowest BCUT2D eigenvalue weighted by Crippen LogP contribution is -2.08. The van der Waals surface area contributed by atoms with Crippen molar-refractivity contribution >= 4 is 17.3 Å². The number of nitrogens with zero attached hydrogens (tertiary/aromatic N) is 1. The van der Waals surface area contributed by atoms with Crippen molar-refractivity contribution in [3.05, 3.63) is 16.1 Å². The van der Waals surface area contributed by atoms with Crippen LogP contribution in [0.25, 0.3) is 0 Å². The second-order valence-electron chi connectivity index (χ2n) is 3.97. The summed E-state index contributed by atoms with van der Waals surface area (Å²) < 4.78 is 5.37. The van der Waals surface area contributed by atoms with Crippen LogP contribution in [0.15, 0.2) is 5.38 Å². The Labute approximate surface area is 99.3 Å². The molecule has 16 heavy (non-hydrogen) atoms. The maximum absolute atomic E-state index is 10.4. The first-order valence-corrected chi connectivity index (χ1v) is 6.11. The maximum Gasteiger partial charge on any atom is 0.303 e. The number of carbonyl (C=O) groups is 1. The zero-order chi connectivity index (χ0) is 12.1. The number of carboxylic acid groups (broad SMARTS) is 1. The fraction of sp³-hybridized carbons (Fsp3) is 0.636. The number of aliphatic carboxylic acids is 1. The van der Waals surface area contributed by atoms with Crippen LogP contribution in [-0.4, -0.2) is 23.2 Å². The normalized spacial score (nSPS) is 13.0. The molecule has 90 valence electrons. The molecule has 1 atom stereocenters. The number of ether oxygens (including phenoxy) is 1. The molecule has 0 amide bonds. The molecule has 0 aliphatic carbocycles. The molecular weight excluding hydrogens is 226 g/mol. The first kappa shape index (κ1) is 13.1. The number of thiazole rings is 1. The first-order valence-electron chi connectivity index (χ1n) is 5.23. The fourth-order valence-corrected chi connectivity index (χ4v) is 2.56. The summed E-state index contributed by atoms with van der Waals surface area (Å²) in [6.07, 6.45) is 0.617. The lowest BCUT2D eigenvalue weighted by Gasteiger charge is -2.15. The highest BCUT2D eigenvalue weighted by molar-refractivity contribution is 7.09. The van der Waals surface area contributed by atoms with Crippen LogP contribution in [0.5, 0.6) is 0 Å². The van der Waals surface area contributed by atoms with Crippen molar-refractivity contribution < 1.29 is 14.6 Å². The van der Waals surface area contributed by atoms with Crippen LogP contribution in [-0.2, 0) is 16.0 Å². The molecule has 1 aromatic rings. The minimum Gasteiger partial charge on any atom is -0.481 e. The molecule has 1 aromatic heterocycles. The second kappa shape index (κ2) is 5.96. The number of aromatic nitrogens is 1. The summed E-state index contributed by atoms with van der Waals surface area (Å²) in [7, 11) is 1.67. The lowest BCUT2D eigenvalue weighted by atomic mass is 10.1. The highest BCUT2D eigenvalue weighted by Gasteiger charge is 2.18. The van der Waals surface area contributed by atoms with Gasteiger partial charge in [0.15, 0.2) is 0 Å². The van der Waals surface area contributed by atoms with Crippen LogP contribution in [0.3, 0.4) is 0 Å². The first-order chi connectivity index (χ1) is 7.54. The molecule has 0 radical (unpaired) electrons. The van der Waals surface area contributed by atoms with Crippen molar-refractivity contribution in [1.29, 1.82) is 0 Å². The standard InChI is InChI=1S/C11H17NO3S/c1-7(2)10(15-3)11-12-8(6-16-11)4-5-9(13)14/h6-7,10H,4-5H2,1-3H3,(H,13,14). The van der Waals surface area contributed by atoms with Crippen molar-refractivity contribution in [2.75, 3.05) is 7.11 Å². The second-order valence-corrected chi connectivity index (χ2v) is 4.86. The van der Waals surface area contributed by atoms with Crippen LogP contribution < -0.4 is 0 Å². The van der Waals surface area contributed by atoms with E-state index < -0.39 is 5.97 Å². The molecule has 5 heteroatoms. The zero-order valence-electron chi connectivity index (χ0n) is 9.77. The Kier molecular flexibility index (Phi) is 4.89. The van der Waals surface area contributed by atoms with Gasteiger partial charge in [0.2, 0.25) is 0 Å². The number of carboxylic acids is 1. The summed E-state index contributed by atoms with van der Waals surface area (Å²) in [5, 5.41) is 11.4. The Balaban J connectivity index is 2.66. The van der Waals surface area contributed by atoms with E-state index in [1.807, 2.05) is 5.38 Å². The highest BCUT2D eigenvalue weighted by Crippen LogP contribution is 2.27. The zero-order valence-corrected chi connectivity index (χ0v) is 10.6. The molecule has 0 saturated heterocycles. The topological polar surface area (TPSA) is 59.4 Å². The summed E-state index contributed by atoms with van der Waals surface area (Å²) in [6, 6.07) is 0. The average molecular weight is 243 g/mol. The molecule has 0 fully saturated rings. The number of aryl methyl sites for hydroxylation is 1. The van der Waals surface area contributed by atoms with Gasteiger partial charge in [-0.15, -0.1) is 11.3 Å². The Bertz CT molecular complexity index is 349. The van der Waals surface area contributed by atoms with Gasteiger partial charge in [0.25, 0.3) is 0 Å². The van der Waals surface area contributed by atoms with E-state index in [9.17, 15) is 4.79 Å². The molecule has 4 nitrogen and oxygen atoms in total. The monoisotopic (exact) mass is 243 g/mol. The van der Waals surface area contributed by atoms with Gasteiger partial charge in [-0.1, -0.05) is 13.8 Å². The van der Waals surface area contributed by atoms with Gasteiger partial charge in [0.1, 0.15) is 11.1 Å². The smallest absolute Gasteiger partial charge is 0.303 e. The SMILES string of the molecule is COC(c1nc(CCC(=O)O)cs1)C(C)C. The quantitative estimate of drug-likeness (QED) is 0.834. The van der Waals surface area contributed by atoms with Crippen LogP contribution in [0.4, 0.5) is 0 Å². The van der Waals surface area contributed by atoms with E-state index in [1.165, 1.54) is 11.3 Å². The van der Waals surface area contributed by atoms with Crippen LogP contribution in [0.1, 0.15) is 37.1 Å². The number of rotatable bonds is 6. The van der Waals surface area contributed by atoms with Crippen LogP contribution >= 0.6 is 11.3 Å². The Morgan fingerprint density at radius 3 is 2.81 bits per heavy atom. The van der Waals surface area contributed by atoms with Gasteiger partial charge >= 0.3 is 5.97 Å². The van der Waals surface area contributed by atoms with Gasteiger partial charge in [-0.05, 0) is 5.92 Å². The Morgan fingerprint density at radius 1 is 1.62 bits per heavy atom. The molecular formula is C11H17NO3S. The van der Waals surface area contributed by atoms with E-state index in [4.69, 9.17) is 9.84 Å². The molecule has 1 N–H and O–H groups in total. The van der Waals surface area contributed by atoms with Gasteiger partial charge in [-0.3, -0.25) is 4.79 Å². The van der Waals surface area contributed by atoms with Gasteiger partial charge < -0.3 is 9.84 Å². The molecule has 0 aliphatic heterocycles. The highest BCUT2D eigenvalue weighted by atomic mass is 32.1. The van der Waals surface area contributed by atoms with E-state index in [1.54, 1.807) is 7.11 Å². The van der Waals surface area contributed by atoms with Crippen LogP contribution in [0, 0.1) is 5.92 Å². The van der Waals surface area contributed by atoms with E-state index in [2.05, 4.69) is 18.8 Å². The molecule has 0 aromatic carbocycles. The van der Waals surface area contributed by atoms with Gasteiger partial charge in [-0.2, -0.15) is 0 Å². The Morgan fingerprint density at radius 2 is 2.31 bits per heavy atom. The Hall–Kier alpha value is -0.940. The van der Waals surface area contributed by atoms with E-state index in [0.717, 1.165) is 10.7 Å². The van der Waals surface area contributed by atoms with E-state index in [-0.39, 0.29) is 12.5 Å². The fourth-order valence-electron chi connectivity index (χ4n) is 1.46. The molecule has 1 rings (SSSR count). The third-order valence-corrected chi connectivity index (χ3v) is 3.22. The van der Waals surface area contributed by atoms with Gasteiger partial charge in [0, 0.05) is 18.9 Å². The molecule has 0 aliphatic rings. The van der Waals surface area contributed by atoms with Crippen molar-refractivity contribution in [1.82, 2.24) is 4.98 Å². The molecule has 1 heterocycles. The van der Waals surface area contributed by atoms with Gasteiger partial charge in [0.05, 0.1) is 12.1 Å². The van der Waals surface area contributed by atoms with Crippen molar-refractivity contribution in [3.8, 4) is 0 Å². The van der Waals surface area contributed by atoms with Crippen LogP contribution in [0.2, 0.25) is 0 Å².